The lowest BCUT2D eigenvalue weighted by molar-refractivity contribution is -0.144. The molecule has 0 spiro atoms. The number of nitrogens with two attached hydrogens (primary N) is 1. The Morgan fingerprint density at radius 2 is 2.12 bits per heavy atom. The van der Waals surface area contributed by atoms with Crippen molar-refractivity contribution in [3.8, 4) is 5.75 Å². The summed E-state index contributed by atoms with van der Waals surface area (Å²) in [6.07, 6.45) is -1.09. The Morgan fingerprint density at radius 1 is 1.50 bits per heavy atom. The molecule has 4 nitrogen and oxygen atoms in total. The Hall–Kier alpha value is -1.62. The van der Waals surface area contributed by atoms with Crippen LogP contribution in [0.4, 0.5) is 4.39 Å². The Kier molecular flexibility index (Phi) is 3.84. The third-order valence-corrected chi connectivity index (χ3v) is 2.13. The lowest BCUT2D eigenvalue weighted by atomic mass is 10.1. The number of aliphatic carboxylic acids is 1. The first kappa shape index (κ1) is 12.4. The lowest BCUT2D eigenvalue weighted by Gasteiger charge is -2.12. The van der Waals surface area contributed by atoms with Gasteiger partial charge in [0.05, 0.1) is 0 Å². The number of rotatable bonds is 4. The van der Waals surface area contributed by atoms with E-state index < -0.39 is 17.9 Å². The van der Waals surface area contributed by atoms with Gasteiger partial charge in [-0.3, -0.25) is 0 Å². The Morgan fingerprint density at radius 3 is 2.56 bits per heavy atom. The highest BCUT2D eigenvalue weighted by Crippen LogP contribution is 2.22. The molecule has 16 heavy (non-hydrogen) atoms. The molecule has 3 N–H and O–H groups in total. The molecule has 0 amide bonds. The van der Waals surface area contributed by atoms with E-state index in [2.05, 4.69) is 0 Å². The number of carbonyl (C=O) groups is 1. The molecule has 0 aliphatic carbocycles. The normalized spacial score (nSPS) is 14.2. The maximum absolute atomic E-state index is 13.5. The van der Waals surface area contributed by atoms with Crippen molar-refractivity contribution in [2.24, 2.45) is 5.73 Å². The van der Waals surface area contributed by atoms with Gasteiger partial charge in [-0.2, -0.15) is 0 Å². The molecule has 0 saturated heterocycles. The van der Waals surface area contributed by atoms with Crippen LogP contribution in [0, 0.1) is 5.82 Å². The van der Waals surface area contributed by atoms with Crippen LogP contribution in [0.1, 0.15) is 25.5 Å². The molecule has 2 unspecified atom stereocenters. The summed E-state index contributed by atoms with van der Waals surface area (Å²) in [5.74, 6) is -1.84. The zero-order valence-electron chi connectivity index (χ0n) is 9.11. The minimum atomic E-state index is -1.14. The predicted molar refractivity (Wildman–Crippen MR) is 56.7 cm³/mol. The van der Waals surface area contributed by atoms with Crippen LogP contribution in [-0.2, 0) is 4.79 Å². The maximum Gasteiger partial charge on any atom is 0.344 e. The first-order chi connectivity index (χ1) is 7.41. The summed E-state index contributed by atoms with van der Waals surface area (Å²) in [5.41, 5.74) is 6.21. The summed E-state index contributed by atoms with van der Waals surface area (Å²) in [4.78, 5) is 10.5. The van der Waals surface area contributed by atoms with E-state index in [0.717, 1.165) is 0 Å². The van der Waals surface area contributed by atoms with E-state index in [9.17, 15) is 9.18 Å². The summed E-state index contributed by atoms with van der Waals surface area (Å²) in [6, 6.07) is 3.96. The van der Waals surface area contributed by atoms with Crippen LogP contribution in [-0.4, -0.2) is 17.2 Å². The fraction of sp³-hybridized carbons (Fsp3) is 0.364. The van der Waals surface area contributed by atoms with Gasteiger partial charge >= 0.3 is 5.97 Å². The van der Waals surface area contributed by atoms with E-state index in [1.54, 1.807) is 13.0 Å². The van der Waals surface area contributed by atoms with E-state index >= 15 is 0 Å². The number of carboxylic acid groups (broad SMARTS) is 1. The highest BCUT2D eigenvalue weighted by atomic mass is 19.1. The van der Waals surface area contributed by atoms with Crippen LogP contribution in [0.25, 0.3) is 0 Å². The fourth-order valence-corrected chi connectivity index (χ4v) is 1.14. The van der Waals surface area contributed by atoms with E-state index in [0.29, 0.717) is 5.56 Å². The predicted octanol–water partition coefficient (Wildman–Crippen LogP) is 1.70. The molecule has 88 valence electrons. The molecule has 1 rings (SSSR count). The second-order valence-corrected chi connectivity index (χ2v) is 3.58. The number of carboxylic acids is 1. The van der Waals surface area contributed by atoms with Gasteiger partial charge in [-0.25, -0.2) is 9.18 Å². The fourth-order valence-electron chi connectivity index (χ4n) is 1.14. The Bertz CT molecular complexity index is 393. The maximum atomic E-state index is 13.5. The molecule has 0 bridgehead atoms. The summed E-state index contributed by atoms with van der Waals surface area (Å²) in [6.45, 7) is 3.07. The molecular weight excluding hydrogens is 213 g/mol. The summed E-state index contributed by atoms with van der Waals surface area (Å²) >= 11 is 0. The monoisotopic (exact) mass is 227 g/mol. The van der Waals surface area contributed by atoms with Gasteiger partial charge in [0.15, 0.2) is 17.7 Å². The molecule has 2 atom stereocenters. The summed E-state index contributed by atoms with van der Waals surface area (Å²) < 4.78 is 18.4. The quantitative estimate of drug-likeness (QED) is 0.821. The second-order valence-electron chi connectivity index (χ2n) is 3.58. The van der Waals surface area contributed by atoms with E-state index in [4.69, 9.17) is 15.6 Å². The van der Waals surface area contributed by atoms with Crippen LogP contribution < -0.4 is 10.5 Å². The van der Waals surface area contributed by atoms with Gasteiger partial charge < -0.3 is 15.6 Å². The van der Waals surface area contributed by atoms with Crippen molar-refractivity contribution >= 4 is 5.97 Å². The van der Waals surface area contributed by atoms with Crippen LogP contribution in [0.3, 0.4) is 0 Å². The van der Waals surface area contributed by atoms with E-state index in [-0.39, 0.29) is 11.8 Å². The standard InChI is InChI=1S/C11H14FNO3/c1-6(13)8-3-4-10(9(12)5-8)16-7(2)11(14)15/h3-7H,13H2,1-2H3,(H,14,15). The van der Waals surface area contributed by atoms with Crippen molar-refractivity contribution in [1.82, 2.24) is 0 Å². The molecule has 0 aliphatic heterocycles. The number of benzene rings is 1. The molecular formula is C11H14FNO3. The third-order valence-electron chi connectivity index (χ3n) is 2.13. The van der Waals surface area contributed by atoms with Gasteiger partial charge in [0, 0.05) is 6.04 Å². The molecule has 1 aromatic carbocycles. The van der Waals surface area contributed by atoms with Crippen molar-refractivity contribution < 1.29 is 19.0 Å². The summed E-state index contributed by atoms with van der Waals surface area (Å²) in [7, 11) is 0. The number of ether oxygens (including phenoxy) is 1. The Labute approximate surface area is 92.8 Å². The van der Waals surface area contributed by atoms with Crippen molar-refractivity contribution in [2.75, 3.05) is 0 Å². The third kappa shape index (κ3) is 2.93. The van der Waals surface area contributed by atoms with Crippen LogP contribution in [0.15, 0.2) is 18.2 Å². The molecule has 1 aromatic rings. The molecule has 0 fully saturated rings. The highest BCUT2D eigenvalue weighted by molar-refractivity contribution is 5.72. The minimum absolute atomic E-state index is 0.0840. The van der Waals surface area contributed by atoms with Gasteiger partial charge in [0.1, 0.15) is 0 Å². The van der Waals surface area contributed by atoms with E-state index in [1.807, 2.05) is 0 Å². The molecule has 5 heteroatoms. The molecule has 0 aliphatic rings. The largest absolute Gasteiger partial charge is 0.479 e. The SMILES string of the molecule is CC(Oc1ccc(C(C)N)cc1F)C(=O)O. The van der Waals surface area contributed by atoms with Gasteiger partial charge in [-0.1, -0.05) is 6.07 Å². The van der Waals surface area contributed by atoms with Gasteiger partial charge in [0.2, 0.25) is 0 Å². The zero-order chi connectivity index (χ0) is 12.3. The number of hydrogen-bond acceptors (Lipinski definition) is 3. The summed E-state index contributed by atoms with van der Waals surface area (Å²) in [5, 5.41) is 8.61. The second kappa shape index (κ2) is 4.94. The van der Waals surface area contributed by atoms with Crippen molar-refractivity contribution in [2.45, 2.75) is 26.0 Å². The van der Waals surface area contributed by atoms with Crippen molar-refractivity contribution in [3.63, 3.8) is 0 Å². The van der Waals surface area contributed by atoms with Crippen molar-refractivity contribution in [3.05, 3.63) is 29.6 Å². The average molecular weight is 227 g/mol. The highest BCUT2D eigenvalue weighted by Gasteiger charge is 2.15. The van der Waals surface area contributed by atoms with Crippen LogP contribution in [0.2, 0.25) is 0 Å². The first-order valence-corrected chi connectivity index (χ1v) is 4.86. The molecule has 0 aromatic heterocycles. The topological polar surface area (TPSA) is 72.5 Å². The van der Waals surface area contributed by atoms with E-state index in [1.165, 1.54) is 19.1 Å². The number of hydrogen-bond donors (Lipinski definition) is 2. The van der Waals surface area contributed by atoms with Gasteiger partial charge in [-0.15, -0.1) is 0 Å². The molecule has 0 saturated carbocycles. The van der Waals surface area contributed by atoms with Crippen LogP contribution >= 0.6 is 0 Å². The minimum Gasteiger partial charge on any atom is -0.479 e. The smallest absolute Gasteiger partial charge is 0.344 e. The lowest BCUT2D eigenvalue weighted by Crippen LogP contribution is -2.23. The van der Waals surface area contributed by atoms with Crippen molar-refractivity contribution in [1.29, 1.82) is 0 Å². The molecule has 0 heterocycles. The number of halogens is 1. The van der Waals surface area contributed by atoms with Gasteiger partial charge in [0.25, 0.3) is 0 Å². The Balaban J connectivity index is 2.87. The average Bonchev–Trinajstić information content (AvgIpc) is 2.20. The van der Waals surface area contributed by atoms with Crippen LogP contribution in [0.5, 0.6) is 5.75 Å². The zero-order valence-corrected chi connectivity index (χ0v) is 9.11. The van der Waals surface area contributed by atoms with Gasteiger partial charge in [-0.05, 0) is 31.5 Å². The first-order valence-electron chi connectivity index (χ1n) is 4.86. The molecule has 0 radical (unpaired) electrons.